The van der Waals surface area contributed by atoms with E-state index in [1.54, 1.807) is 0 Å². The molecule has 0 aliphatic carbocycles. The highest BCUT2D eigenvalue weighted by Crippen LogP contribution is 2.38. The Balaban J connectivity index is 2.73. The second-order valence-corrected chi connectivity index (χ2v) is 13.1. The van der Waals surface area contributed by atoms with Crippen molar-refractivity contribution < 1.29 is 4.43 Å². The molecule has 1 rings (SSSR count). The quantitative estimate of drug-likeness (QED) is 0.556. The molecule has 0 saturated carbocycles. The van der Waals surface area contributed by atoms with Crippen molar-refractivity contribution in [2.24, 2.45) is 0 Å². The Kier molecular flexibility index (Phi) is 5.15. The van der Waals surface area contributed by atoms with E-state index in [0.29, 0.717) is 5.92 Å². The smallest absolute Gasteiger partial charge is 0.192 e. The third kappa shape index (κ3) is 3.86. The highest BCUT2D eigenvalue weighted by atomic mass is 32.1. The number of thiophene rings is 1. The van der Waals surface area contributed by atoms with Crippen molar-refractivity contribution in [3.8, 4) is 0 Å². The Morgan fingerprint density at radius 1 is 1.33 bits per heavy atom. The average Bonchev–Trinajstić information content (AvgIpc) is 2.55. The van der Waals surface area contributed by atoms with Crippen LogP contribution in [-0.4, -0.2) is 8.32 Å². The molecule has 1 heterocycles. The second kappa shape index (κ2) is 5.69. The molecule has 0 N–H and O–H groups in total. The highest BCUT2D eigenvalue weighted by molar-refractivity contribution is 7.80. The average molecular weight is 303 g/mol. The minimum absolute atomic E-state index is 0.273. The maximum absolute atomic E-state index is 6.24. The third-order valence-electron chi connectivity index (χ3n) is 3.70. The second-order valence-electron chi connectivity index (χ2n) is 6.67. The SMILES string of the molecule is CC(C)c1sc(CO[Si](C)(C)C(C)(C)C)cc1S. The van der Waals surface area contributed by atoms with E-state index in [0.717, 1.165) is 11.5 Å². The van der Waals surface area contributed by atoms with Crippen LogP contribution in [0.15, 0.2) is 11.0 Å². The number of rotatable bonds is 4. The predicted octanol–water partition coefficient (Wildman–Crippen LogP) is 5.68. The minimum Gasteiger partial charge on any atom is -0.412 e. The molecule has 0 unspecified atom stereocenters. The Morgan fingerprint density at radius 3 is 2.28 bits per heavy atom. The zero-order valence-electron chi connectivity index (χ0n) is 12.6. The standard InChI is InChI=1S/C14H26OS2Si/c1-10(2)13-12(16)8-11(17-13)9-15-18(6,7)14(3,4)5/h8,10,16H,9H2,1-7H3. The minimum atomic E-state index is -1.64. The van der Waals surface area contributed by atoms with Crippen LogP contribution >= 0.6 is 24.0 Å². The molecule has 104 valence electrons. The van der Waals surface area contributed by atoms with Crippen molar-refractivity contribution >= 4 is 32.3 Å². The van der Waals surface area contributed by atoms with Crippen molar-refractivity contribution in [3.05, 3.63) is 15.8 Å². The van der Waals surface area contributed by atoms with Crippen molar-refractivity contribution in [2.75, 3.05) is 0 Å². The largest absolute Gasteiger partial charge is 0.412 e. The van der Waals surface area contributed by atoms with Crippen molar-refractivity contribution in [1.29, 1.82) is 0 Å². The van der Waals surface area contributed by atoms with Gasteiger partial charge in [-0.2, -0.15) is 0 Å². The van der Waals surface area contributed by atoms with Crippen LogP contribution in [0.3, 0.4) is 0 Å². The van der Waals surface area contributed by atoms with E-state index in [9.17, 15) is 0 Å². The van der Waals surface area contributed by atoms with Gasteiger partial charge in [-0.1, -0.05) is 34.6 Å². The first-order valence-electron chi connectivity index (χ1n) is 6.50. The summed E-state index contributed by atoms with van der Waals surface area (Å²) < 4.78 is 6.24. The van der Waals surface area contributed by atoms with Crippen molar-refractivity contribution in [3.63, 3.8) is 0 Å². The molecule has 0 bridgehead atoms. The summed E-state index contributed by atoms with van der Waals surface area (Å²) in [6.07, 6.45) is 0. The number of hydrogen-bond acceptors (Lipinski definition) is 3. The fraction of sp³-hybridized carbons (Fsp3) is 0.714. The lowest BCUT2D eigenvalue weighted by atomic mass is 10.2. The first-order chi connectivity index (χ1) is 8.04. The zero-order chi connectivity index (χ0) is 14.1. The molecule has 0 saturated heterocycles. The highest BCUT2D eigenvalue weighted by Gasteiger charge is 2.37. The van der Waals surface area contributed by atoms with Crippen LogP contribution in [0, 0.1) is 0 Å². The molecule has 0 atom stereocenters. The van der Waals surface area contributed by atoms with Gasteiger partial charge in [0.15, 0.2) is 8.32 Å². The van der Waals surface area contributed by atoms with Crippen LogP contribution in [0.25, 0.3) is 0 Å². The van der Waals surface area contributed by atoms with Gasteiger partial charge >= 0.3 is 0 Å². The fourth-order valence-corrected chi connectivity index (χ4v) is 4.07. The summed E-state index contributed by atoms with van der Waals surface area (Å²) in [7, 11) is -1.64. The molecule has 0 aliphatic heterocycles. The van der Waals surface area contributed by atoms with E-state index in [1.165, 1.54) is 9.75 Å². The van der Waals surface area contributed by atoms with Crippen LogP contribution in [0.5, 0.6) is 0 Å². The monoisotopic (exact) mass is 302 g/mol. The molecule has 0 aliphatic rings. The van der Waals surface area contributed by atoms with Gasteiger partial charge in [0.1, 0.15) is 0 Å². The summed E-state index contributed by atoms with van der Waals surface area (Å²) in [5.41, 5.74) is 0. The Morgan fingerprint density at radius 2 is 1.89 bits per heavy atom. The van der Waals surface area contributed by atoms with Gasteiger partial charge in [0.05, 0.1) is 6.61 Å². The van der Waals surface area contributed by atoms with Crippen LogP contribution in [0.4, 0.5) is 0 Å². The maximum Gasteiger partial charge on any atom is 0.192 e. The lowest BCUT2D eigenvalue weighted by molar-refractivity contribution is 0.279. The number of thiol groups is 1. The van der Waals surface area contributed by atoms with E-state index in [2.05, 4.69) is 66.4 Å². The zero-order valence-corrected chi connectivity index (χ0v) is 15.3. The maximum atomic E-state index is 6.24. The normalized spacial score (nSPS) is 13.4. The van der Waals surface area contributed by atoms with Gasteiger partial charge in [0, 0.05) is 14.6 Å². The van der Waals surface area contributed by atoms with Crippen LogP contribution in [0.1, 0.15) is 50.3 Å². The molecule has 1 aromatic rings. The Bertz CT molecular complexity index is 402. The predicted molar refractivity (Wildman–Crippen MR) is 87.6 cm³/mol. The molecule has 0 spiro atoms. The molecule has 0 amide bonds. The van der Waals surface area contributed by atoms with Gasteiger partial charge in [-0.15, -0.1) is 24.0 Å². The lowest BCUT2D eigenvalue weighted by Gasteiger charge is -2.36. The molecular weight excluding hydrogens is 276 g/mol. The summed E-state index contributed by atoms with van der Waals surface area (Å²) in [4.78, 5) is 3.78. The molecule has 1 aromatic heterocycles. The van der Waals surface area contributed by atoms with Gasteiger partial charge in [-0.05, 0) is 30.1 Å². The van der Waals surface area contributed by atoms with E-state index in [1.807, 2.05) is 11.3 Å². The van der Waals surface area contributed by atoms with Crippen molar-refractivity contribution in [2.45, 2.75) is 70.2 Å². The van der Waals surface area contributed by atoms with E-state index in [-0.39, 0.29) is 5.04 Å². The van der Waals surface area contributed by atoms with Gasteiger partial charge in [0.25, 0.3) is 0 Å². The van der Waals surface area contributed by atoms with E-state index >= 15 is 0 Å². The Labute approximate surface area is 122 Å². The first-order valence-corrected chi connectivity index (χ1v) is 10.7. The van der Waals surface area contributed by atoms with Crippen LogP contribution in [-0.2, 0) is 11.0 Å². The van der Waals surface area contributed by atoms with Gasteiger partial charge in [0.2, 0.25) is 0 Å². The summed E-state index contributed by atoms with van der Waals surface area (Å²) in [5, 5.41) is 0.273. The molecule has 1 nitrogen and oxygen atoms in total. The van der Waals surface area contributed by atoms with Gasteiger partial charge in [-0.25, -0.2) is 0 Å². The van der Waals surface area contributed by atoms with Gasteiger partial charge < -0.3 is 4.43 Å². The number of hydrogen-bond donors (Lipinski definition) is 1. The summed E-state index contributed by atoms with van der Waals surface area (Å²) >= 11 is 6.39. The summed E-state index contributed by atoms with van der Waals surface area (Å²) in [6.45, 7) is 16.6. The van der Waals surface area contributed by atoms with Crippen LogP contribution in [0.2, 0.25) is 18.1 Å². The lowest BCUT2D eigenvalue weighted by Crippen LogP contribution is -2.40. The van der Waals surface area contributed by atoms with Gasteiger partial charge in [-0.3, -0.25) is 0 Å². The third-order valence-corrected chi connectivity index (χ3v) is 10.1. The fourth-order valence-electron chi connectivity index (χ4n) is 1.40. The van der Waals surface area contributed by atoms with E-state index < -0.39 is 8.32 Å². The molecule has 0 fully saturated rings. The van der Waals surface area contributed by atoms with Crippen LogP contribution < -0.4 is 0 Å². The molecule has 4 heteroatoms. The summed E-state index contributed by atoms with van der Waals surface area (Å²) in [6, 6.07) is 2.16. The van der Waals surface area contributed by atoms with Crippen molar-refractivity contribution in [1.82, 2.24) is 0 Å². The molecule has 0 aromatic carbocycles. The molecular formula is C14H26OS2Si. The topological polar surface area (TPSA) is 9.23 Å². The first kappa shape index (κ1) is 16.3. The molecule has 18 heavy (non-hydrogen) atoms. The van der Waals surface area contributed by atoms with E-state index in [4.69, 9.17) is 4.43 Å². The summed E-state index contributed by atoms with van der Waals surface area (Å²) in [5.74, 6) is 0.545. The molecule has 0 radical (unpaired) electrons. The Hall–Kier alpha value is 0.227.